The summed E-state index contributed by atoms with van der Waals surface area (Å²) in [5, 5.41) is 2.90. The first-order valence-electron chi connectivity index (χ1n) is 4.78. The summed E-state index contributed by atoms with van der Waals surface area (Å²) in [5.74, 6) is 0.652. The molecule has 2 rings (SSSR count). The molecule has 2 aliphatic rings. The minimum Gasteiger partial charge on any atom is -0.376 e. The van der Waals surface area contributed by atoms with Crippen molar-refractivity contribution in [3.63, 3.8) is 0 Å². The average molecular weight is 204 g/mol. The van der Waals surface area contributed by atoms with E-state index in [1.165, 1.54) is 12.8 Å². The highest BCUT2D eigenvalue weighted by molar-refractivity contribution is 6.27. The van der Waals surface area contributed by atoms with E-state index in [1.807, 2.05) is 0 Å². The second-order valence-electron chi connectivity index (χ2n) is 3.77. The van der Waals surface area contributed by atoms with Crippen molar-refractivity contribution >= 4 is 17.5 Å². The predicted octanol–water partition coefficient (Wildman–Crippen LogP) is 0.909. The molecule has 0 bridgehead atoms. The quantitative estimate of drug-likeness (QED) is 0.693. The lowest BCUT2D eigenvalue weighted by Gasteiger charge is -2.18. The highest BCUT2D eigenvalue weighted by atomic mass is 35.5. The van der Waals surface area contributed by atoms with Crippen molar-refractivity contribution in [3.8, 4) is 0 Å². The number of hydrogen-bond acceptors (Lipinski definition) is 2. The van der Waals surface area contributed by atoms with Crippen LogP contribution in [0.15, 0.2) is 0 Å². The van der Waals surface area contributed by atoms with Crippen LogP contribution in [0.5, 0.6) is 0 Å². The van der Waals surface area contributed by atoms with Gasteiger partial charge >= 0.3 is 0 Å². The largest absolute Gasteiger partial charge is 0.376 e. The molecule has 0 aromatic rings. The van der Waals surface area contributed by atoms with Crippen molar-refractivity contribution in [2.75, 3.05) is 12.5 Å². The smallest absolute Gasteiger partial charge is 0.235 e. The van der Waals surface area contributed by atoms with Gasteiger partial charge in [0.05, 0.1) is 12.1 Å². The van der Waals surface area contributed by atoms with Gasteiger partial charge < -0.3 is 10.1 Å². The molecule has 1 amide bonds. The Bertz CT molecular complexity index is 206. The topological polar surface area (TPSA) is 38.3 Å². The molecule has 3 nitrogen and oxygen atoms in total. The van der Waals surface area contributed by atoms with E-state index in [2.05, 4.69) is 5.32 Å². The Morgan fingerprint density at radius 3 is 2.85 bits per heavy atom. The first-order valence-corrected chi connectivity index (χ1v) is 5.31. The van der Waals surface area contributed by atoms with Crippen molar-refractivity contribution in [1.82, 2.24) is 5.32 Å². The fraction of sp³-hybridized carbons (Fsp3) is 0.889. The summed E-state index contributed by atoms with van der Waals surface area (Å²) in [4.78, 5) is 11.1. The molecule has 0 spiro atoms. The first-order chi connectivity index (χ1) is 6.31. The van der Waals surface area contributed by atoms with Crippen LogP contribution in [0.1, 0.15) is 19.3 Å². The lowest BCUT2D eigenvalue weighted by molar-refractivity contribution is -0.119. The van der Waals surface area contributed by atoms with Crippen molar-refractivity contribution < 1.29 is 9.53 Å². The highest BCUT2D eigenvalue weighted by Crippen LogP contribution is 2.38. The van der Waals surface area contributed by atoms with E-state index in [9.17, 15) is 4.79 Å². The van der Waals surface area contributed by atoms with Gasteiger partial charge in [0.1, 0.15) is 5.88 Å². The molecule has 13 heavy (non-hydrogen) atoms. The van der Waals surface area contributed by atoms with Crippen LogP contribution in [0.25, 0.3) is 0 Å². The second kappa shape index (κ2) is 3.84. The van der Waals surface area contributed by atoms with Crippen molar-refractivity contribution in [2.45, 2.75) is 31.4 Å². The van der Waals surface area contributed by atoms with Crippen LogP contribution >= 0.6 is 11.6 Å². The Kier molecular flexibility index (Phi) is 2.74. The Balaban J connectivity index is 1.85. The van der Waals surface area contributed by atoms with Crippen molar-refractivity contribution in [3.05, 3.63) is 0 Å². The molecule has 0 radical (unpaired) electrons. The van der Waals surface area contributed by atoms with Gasteiger partial charge in [0.25, 0.3) is 0 Å². The van der Waals surface area contributed by atoms with Gasteiger partial charge in [-0.1, -0.05) is 0 Å². The number of rotatable bonds is 3. The summed E-state index contributed by atoms with van der Waals surface area (Å²) in [6, 6.07) is 0.207. The number of amides is 1. The molecule has 0 aromatic heterocycles. The normalized spacial score (nSPS) is 33.3. The van der Waals surface area contributed by atoms with Gasteiger partial charge in [-0.05, 0) is 25.2 Å². The summed E-state index contributed by atoms with van der Waals surface area (Å²) >= 11 is 5.42. The standard InChI is InChI=1S/C9H14ClNO2/c10-5-8(12)11-7-3-4-13-9(7)6-1-2-6/h6-7,9H,1-5H2,(H,11,12). The van der Waals surface area contributed by atoms with E-state index < -0.39 is 0 Å². The molecule has 1 aliphatic heterocycles. The maximum atomic E-state index is 11.1. The van der Waals surface area contributed by atoms with E-state index in [0.717, 1.165) is 13.0 Å². The molecule has 2 unspecified atom stereocenters. The van der Waals surface area contributed by atoms with Gasteiger partial charge in [0, 0.05) is 6.61 Å². The summed E-state index contributed by atoms with van der Waals surface area (Å²) in [6.45, 7) is 0.772. The lowest BCUT2D eigenvalue weighted by atomic mass is 10.1. The van der Waals surface area contributed by atoms with Gasteiger partial charge in [-0.25, -0.2) is 0 Å². The van der Waals surface area contributed by atoms with Gasteiger partial charge in [0.2, 0.25) is 5.91 Å². The van der Waals surface area contributed by atoms with Crippen LogP contribution in [0, 0.1) is 5.92 Å². The van der Waals surface area contributed by atoms with E-state index in [1.54, 1.807) is 0 Å². The fourth-order valence-corrected chi connectivity index (χ4v) is 1.98. The zero-order chi connectivity index (χ0) is 9.26. The number of carbonyl (C=O) groups excluding carboxylic acids is 1. The van der Waals surface area contributed by atoms with Gasteiger partial charge in [-0.15, -0.1) is 11.6 Å². The maximum absolute atomic E-state index is 11.1. The van der Waals surface area contributed by atoms with E-state index >= 15 is 0 Å². The number of ether oxygens (including phenoxy) is 1. The second-order valence-corrected chi connectivity index (χ2v) is 4.04. The molecule has 1 saturated carbocycles. The lowest BCUT2D eigenvalue weighted by Crippen LogP contribution is -2.41. The number of hydrogen-bond donors (Lipinski definition) is 1. The Morgan fingerprint density at radius 2 is 2.23 bits per heavy atom. The Hall–Kier alpha value is -0.280. The molecular formula is C9H14ClNO2. The van der Waals surface area contributed by atoms with Crippen LogP contribution < -0.4 is 5.32 Å². The minimum absolute atomic E-state index is 0.0495. The third-order valence-electron chi connectivity index (χ3n) is 2.69. The summed E-state index contributed by atoms with van der Waals surface area (Å²) < 4.78 is 5.58. The van der Waals surface area contributed by atoms with E-state index in [4.69, 9.17) is 16.3 Å². The first kappa shape index (κ1) is 9.28. The van der Waals surface area contributed by atoms with E-state index in [0.29, 0.717) is 5.92 Å². The third kappa shape index (κ3) is 2.15. The van der Waals surface area contributed by atoms with Crippen LogP contribution in [0.3, 0.4) is 0 Å². The molecule has 1 aliphatic carbocycles. The fourth-order valence-electron chi connectivity index (χ4n) is 1.90. The number of carbonyl (C=O) groups is 1. The van der Waals surface area contributed by atoms with Gasteiger partial charge in [-0.2, -0.15) is 0 Å². The summed E-state index contributed by atoms with van der Waals surface area (Å²) in [6.07, 6.45) is 3.69. The van der Waals surface area contributed by atoms with Crippen LogP contribution in [-0.4, -0.2) is 30.5 Å². The minimum atomic E-state index is -0.0807. The van der Waals surface area contributed by atoms with Crippen LogP contribution in [-0.2, 0) is 9.53 Å². The van der Waals surface area contributed by atoms with Crippen LogP contribution in [0.4, 0.5) is 0 Å². The Morgan fingerprint density at radius 1 is 1.46 bits per heavy atom. The number of alkyl halides is 1. The zero-order valence-corrected chi connectivity index (χ0v) is 8.22. The molecular weight excluding hydrogens is 190 g/mol. The van der Waals surface area contributed by atoms with Crippen molar-refractivity contribution in [1.29, 1.82) is 0 Å². The molecule has 4 heteroatoms. The molecule has 0 aromatic carbocycles. The predicted molar refractivity (Wildman–Crippen MR) is 49.7 cm³/mol. The SMILES string of the molecule is O=C(CCl)NC1CCOC1C1CC1. The average Bonchev–Trinajstić information content (AvgIpc) is 2.88. The molecule has 1 N–H and O–H groups in total. The molecule has 74 valence electrons. The number of halogens is 1. The summed E-state index contributed by atoms with van der Waals surface area (Å²) in [7, 11) is 0. The molecule has 1 heterocycles. The Labute approximate surface area is 82.8 Å². The summed E-state index contributed by atoms with van der Waals surface area (Å²) in [5.41, 5.74) is 0. The monoisotopic (exact) mass is 203 g/mol. The number of nitrogens with one attached hydrogen (secondary N) is 1. The molecule has 2 atom stereocenters. The van der Waals surface area contributed by atoms with Gasteiger partial charge in [0.15, 0.2) is 0 Å². The van der Waals surface area contributed by atoms with E-state index in [-0.39, 0.29) is 23.9 Å². The zero-order valence-electron chi connectivity index (χ0n) is 7.46. The third-order valence-corrected chi connectivity index (χ3v) is 2.93. The van der Waals surface area contributed by atoms with Gasteiger partial charge in [-0.3, -0.25) is 4.79 Å². The van der Waals surface area contributed by atoms with Crippen molar-refractivity contribution in [2.24, 2.45) is 5.92 Å². The highest BCUT2D eigenvalue weighted by Gasteiger charge is 2.40. The molecule has 2 fully saturated rings. The van der Waals surface area contributed by atoms with Crippen LogP contribution in [0.2, 0.25) is 0 Å². The maximum Gasteiger partial charge on any atom is 0.235 e. The molecule has 1 saturated heterocycles.